The summed E-state index contributed by atoms with van der Waals surface area (Å²) in [6, 6.07) is 12.3. The molecule has 8 heteroatoms. The molecule has 0 saturated carbocycles. The molecule has 154 valence electrons. The van der Waals surface area contributed by atoms with E-state index in [0.29, 0.717) is 31.7 Å². The Labute approximate surface area is 179 Å². The molecule has 1 atom stereocenters. The summed E-state index contributed by atoms with van der Waals surface area (Å²) in [7, 11) is -2.10. The summed E-state index contributed by atoms with van der Waals surface area (Å²) >= 11 is 3.47. The highest BCUT2D eigenvalue weighted by Gasteiger charge is 2.37. The summed E-state index contributed by atoms with van der Waals surface area (Å²) in [4.78, 5) is 15.3. The van der Waals surface area contributed by atoms with Crippen molar-refractivity contribution >= 4 is 37.5 Å². The van der Waals surface area contributed by atoms with Crippen LogP contribution in [0.15, 0.2) is 51.8 Å². The first kappa shape index (κ1) is 20.4. The maximum absolute atomic E-state index is 13.2. The third-order valence-corrected chi connectivity index (χ3v) is 8.01. The second-order valence-electron chi connectivity index (χ2n) is 7.39. The summed E-state index contributed by atoms with van der Waals surface area (Å²) in [5, 5.41) is 0. The van der Waals surface area contributed by atoms with Crippen LogP contribution in [0, 0.1) is 5.92 Å². The summed E-state index contributed by atoms with van der Waals surface area (Å²) in [5.41, 5.74) is 2.08. The number of piperidine rings is 1. The molecule has 1 fully saturated rings. The second kappa shape index (κ2) is 8.08. The molecule has 1 amide bonds. The number of sulfonamides is 1. The maximum atomic E-state index is 13.2. The Morgan fingerprint density at radius 3 is 2.62 bits per heavy atom. The third kappa shape index (κ3) is 3.93. The molecule has 2 aliphatic rings. The van der Waals surface area contributed by atoms with Crippen molar-refractivity contribution < 1.29 is 17.9 Å². The van der Waals surface area contributed by atoms with E-state index in [2.05, 4.69) is 15.9 Å². The number of benzene rings is 2. The van der Waals surface area contributed by atoms with Gasteiger partial charge in [0.25, 0.3) is 0 Å². The molecule has 0 radical (unpaired) electrons. The fourth-order valence-corrected chi connectivity index (χ4v) is 6.01. The minimum atomic E-state index is -3.64. The molecule has 0 aromatic heterocycles. The minimum absolute atomic E-state index is 0.0145. The first-order valence-corrected chi connectivity index (χ1v) is 11.9. The van der Waals surface area contributed by atoms with Crippen LogP contribution in [0.2, 0.25) is 0 Å². The van der Waals surface area contributed by atoms with E-state index in [1.807, 2.05) is 23.1 Å². The first-order valence-electron chi connectivity index (χ1n) is 9.64. The molecular formula is C21H23BrN2O4S. The van der Waals surface area contributed by atoms with Crippen molar-refractivity contribution in [3.05, 3.63) is 52.5 Å². The normalized spacial score (nSPS) is 19.8. The second-order valence-corrected chi connectivity index (χ2v) is 10.2. The van der Waals surface area contributed by atoms with E-state index in [9.17, 15) is 13.2 Å². The molecule has 0 aliphatic carbocycles. The van der Waals surface area contributed by atoms with Gasteiger partial charge in [0, 0.05) is 29.8 Å². The zero-order chi connectivity index (χ0) is 20.6. The number of rotatable bonds is 4. The average molecular weight is 479 g/mol. The predicted octanol–water partition coefficient (Wildman–Crippen LogP) is 3.45. The van der Waals surface area contributed by atoms with Crippen LogP contribution in [0.3, 0.4) is 0 Å². The van der Waals surface area contributed by atoms with Crippen molar-refractivity contribution in [2.75, 3.05) is 31.6 Å². The Balaban J connectivity index is 1.52. The molecule has 29 heavy (non-hydrogen) atoms. The number of methoxy groups -OCH3 is 1. The van der Waals surface area contributed by atoms with Gasteiger partial charge in [-0.15, -0.1) is 0 Å². The number of ether oxygens (including phenoxy) is 1. The van der Waals surface area contributed by atoms with Crippen LogP contribution in [-0.2, 0) is 21.2 Å². The van der Waals surface area contributed by atoms with Gasteiger partial charge in [-0.3, -0.25) is 4.79 Å². The van der Waals surface area contributed by atoms with Crippen molar-refractivity contribution in [3.8, 4) is 5.75 Å². The molecule has 2 aromatic rings. The van der Waals surface area contributed by atoms with Gasteiger partial charge in [0.05, 0.1) is 17.9 Å². The van der Waals surface area contributed by atoms with Gasteiger partial charge in [0.15, 0.2) is 0 Å². The SMILES string of the molecule is COc1ccc(S(=O)(=O)N2CCC[C@@H](C(=O)N3CCc4cc(Br)ccc43)C2)cc1. The quantitative estimate of drug-likeness (QED) is 0.674. The zero-order valence-corrected chi connectivity index (χ0v) is 18.6. The van der Waals surface area contributed by atoms with Crippen LogP contribution in [0.5, 0.6) is 5.75 Å². The van der Waals surface area contributed by atoms with Gasteiger partial charge in [-0.2, -0.15) is 4.31 Å². The lowest BCUT2D eigenvalue weighted by Gasteiger charge is -2.33. The molecule has 2 aromatic carbocycles. The van der Waals surface area contributed by atoms with Crippen LogP contribution in [0.1, 0.15) is 18.4 Å². The van der Waals surface area contributed by atoms with Crippen molar-refractivity contribution in [3.63, 3.8) is 0 Å². The number of nitrogens with zero attached hydrogens (tertiary/aromatic N) is 2. The topological polar surface area (TPSA) is 66.9 Å². The van der Waals surface area contributed by atoms with Gasteiger partial charge < -0.3 is 9.64 Å². The fraction of sp³-hybridized carbons (Fsp3) is 0.381. The Hall–Kier alpha value is -1.90. The smallest absolute Gasteiger partial charge is 0.243 e. The van der Waals surface area contributed by atoms with E-state index >= 15 is 0 Å². The van der Waals surface area contributed by atoms with Crippen molar-refractivity contribution in [2.45, 2.75) is 24.2 Å². The summed E-state index contributed by atoms with van der Waals surface area (Å²) in [6.45, 7) is 1.30. The van der Waals surface area contributed by atoms with Gasteiger partial charge in [-0.05, 0) is 67.3 Å². The Kier molecular flexibility index (Phi) is 5.68. The van der Waals surface area contributed by atoms with Gasteiger partial charge in [-0.1, -0.05) is 15.9 Å². The number of carbonyl (C=O) groups excluding carboxylic acids is 1. The van der Waals surface area contributed by atoms with Gasteiger partial charge in [-0.25, -0.2) is 8.42 Å². The fourth-order valence-electron chi connectivity index (χ4n) is 4.08. The standard InChI is InChI=1S/C21H23BrN2O4S/c1-28-18-5-7-19(8-6-18)29(26,27)23-11-2-3-16(14-23)21(25)24-12-10-15-13-17(22)4-9-20(15)24/h4-9,13,16H,2-3,10-12,14H2,1H3/t16-/m1/s1. The molecule has 2 heterocycles. The van der Waals surface area contributed by atoms with E-state index < -0.39 is 10.0 Å². The summed E-state index contributed by atoms with van der Waals surface area (Å²) < 4.78 is 33.7. The van der Waals surface area contributed by atoms with Gasteiger partial charge in [0.1, 0.15) is 5.75 Å². The van der Waals surface area contributed by atoms with Crippen molar-refractivity contribution in [1.82, 2.24) is 4.31 Å². The van der Waals surface area contributed by atoms with Crippen LogP contribution >= 0.6 is 15.9 Å². The van der Waals surface area contributed by atoms with E-state index in [4.69, 9.17) is 4.74 Å². The Morgan fingerprint density at radius 1 is 1.14 bits per heavy atom. The lowest BCUT2D eigenvalue weighted by molar-refractivity contribution is -0.123. The number of carbonyl (C=O) groups is 1. The highest BCUT2D eigenvalue weighted by atomic mass is 79.9. The van der Waals surface area contributed by atoms with Gasteiger partial charge >= 0.3 is 0 Å². The van der Waals surface area contributed by atoms with Crippen LogP contribution in [0.25, 0.3) is 0 Å². The monoisotopic (exact) mass is 478 g/mol. The highest BCUT2D eigenvalue weighted by molar-refractivity contribution is 9.10. The number of halogens is 1. The number of hydrogen-bond donors (Lipinski definition) is 0. The Morgan fingerprint density at radius 2 is 1.90 bits per heavy atom. The lowest BCUT2D eigenvalue weighted by atomic mass is 9.98. The first-order chi connectivity index (χ1) is 13.9. The minimum Gasteiger partial charge on any atom is -0.497 e. The molecule has 0 unspecified atom stereocenters. The van der Waals surface area contributed by atoms with Crippen molar-refractivity contribution in [1.29, 1.82) is 0 Å². The zero-order valence-electron chi connectivity index (χ0n) is 16.2. The predicted molar refractivity (Wildman–Crippen MR) is 115 cm³/mol. The van der Waals surface area contributed by atoms with Crippen LogP contribution in [0.4, 0.5) is 5.69 Å². The van der Waals surface area contributed by atoms with Crippen LogP contribution < -0.4 is 9.64 Å². The molecular weight excluding hydrogens is 456 g/mol. The number of fused-ring (bicyclic) bond motifs is 1. The third-order valence-electron chi connectivity index (χ3n) is 5.63. The largest absolute Gasteiger partial charge is 0.497 e. The highest BCUT2D eigenvalue weighted by Crippen LogP contribution is 2.33. The lowest BCUT2D eigenvalue weighted by Crippen LogP contribution is -2.46. The van der Waals surface area contributed by atoms with E-state index in [-0.39, 0.29) is 23.3 Å². The van der Waals surface area contributed by atoms with E-state index in [1.165, 1.54) is 4.31 Å². The molecule has 4 rings (SSSR count). The molecule has 0 N–H and O–H groups in total. The number of hydrogen-bond acceptors (Lipinski definition) is 4. The van der Waals surface area contributed by atoms with Crippen molar-refractivity contribution in [2.24, 2.45) is 5.92 Å². The molecule has 0 bridgehead atoms. The molecule has 2 aliphatic heterocycles. The average Bonchev–Trinajstić information content (AvgIpc) is 3.16. The molecule has 6 nitrogen and oxygen atoms in total. The van der Waals surface area contributed by atoms with Crippen LogP contribution in [-0.4, -0.2) is 45.4 Å². The summed E-state index contributed by atoms with van der Waals surface area (Å²) in [6.07, 6.45) is 2.20. The summed E-state index contributed by atoms with van der Waals surface area (Å²) in [5.74, 6) is 0.294. The van der Waals surface area contributed by atoms with Gasteiger partial charge in [0.2, 0.25) is 15.9 Å². The molecule has 1 saturated heterocycles. The Bertz CT molecular complexity index is 1020. The number of amides is 1. The van der Waals surface area contributed by atoms with E-state index in [0.717, 1.165) is 22.1 Å². The number of anilines is 1. The molecule has 0 spiro atoms. The van der Waals surface area contributed by atoms with E-state index in [1.54, 1.807) is 31.4 Å². The maximum Gasteiger partial charge on any atom is 0.243 e.